The number of hydrogen-bond donors (Lipinski definition) is 2. The van der Waals surface area contributed by atoms with Gasteiger partial charge in [-0.3, -0.25) is 10.8 Å². The number of fused-ring (bicyclic) bond motifs is 2. The number of rotatable bonds is 1. The molecule has 0 amide bonds. The smallest absolute Gasteiger partial charge is 0.0732 e. The summed E-state index contributed by atoms with van der Waals surface area (Å²) >= 11 is 3.68. The van der Waals surface area contributed by atoms with Crippen LogP contribution in [0.25, 0.3) is 10.9 Å². The van der Waals surface area contributed by atoms with Crippen LogP contribution in [0.5, 0.6) is 0 Å². The van der Waals surface area contributed by atoms with Gasteiger partial charge in [-0.25, -0.2) is 0 Å². The maximum absolute atomic E-state index is 5.85. The fourth-order valence-electron chi connectivity index (χ4n) is 3.26. The minimum atomic E-state index is 1.05. The first-order chi connectivity index (χ1) is 9.63. The molecule has 4 heteroatoms. The molecule has 20 heavy (non-hydrogen) atoms. The minimum Gasteiger partial charge on any atom is -0.323 e. The molecule has 0 bridgehead atoms. The SMILES string of the molecule is Cc1cc2nc3c(c(NN)c2c(C)c1Br)CCCCC3. The zero-order valence-electron chi connectivity index (χ0n) is 12.0. The molecule has 0 saturated carbocycles. The lowest BCUT2D eigenvalue weighted by molar-refractivity contribution is 0.709. The van der Waals surface area contributed by atoms with E-state index in [2.05, 4.69) is 41.3 Å². The molecule has 2 aromatic rings. The first kappa shape index (κ1) is 13.8. The second kappa shape index (κ2) is 5.34. The van der Waals surface area contributed by atoms with Crippen LogP contribution in [0.4, 0.5) is 5.69 Å². The molecule has 1 aliphatic carbocycles. The van der Waals surface area contributed by atoms with E-state index in [1.54, 1.807) is 0 Å². The number of anilines is 1. The van der Waals surface area contributed by atoms with Crippen molar-refractivity contribution in [1.29, 1.82) is 0 Å². The van der Waals surface area contributed by atoms with Gasteiger partial charge in [0.25, 0.3) is 0 Å². The number of hydrogen-bond acceptors (Lipinski definition) is 3. The molecule has 1 aromatic heterocycles. The second-order valence-electron chi connectivity index (χ2n) is 5.64. The van der Waals surface area contributed by atoms with Gasteiger partial charge in [0.1, 0.15) is 0 Å². The predicted molar refractivity (Wildman–Crippen MR) is 88.0 cm³/mol. The molecule has 0 unspecified atom stereocenters. The molecule has 0 saturated heterocycles. The summed E-state index contributed by atoms with van der Waals surface area (Å²) < 4.78 is 1.15. The van der Waals surface area contributed by atoms with Gasteiger partial charge < -0.3 is 5.43 Å². The van der Waals surface area contributed by atoms with Crippen LogP contribution < -0.4 is 11.3 Å². The van der Waals surface area contributed by atoms with Crippen LogP contribution in [-0.2, 0) is 12.8 Å². The van der Waals surface area contributed by atoms with E-state index in [4.69, 9.17) is 10.8 Å². The molecule has 0 radical (unpaired) electrons. The predicted octanol–water partition coefficient (Wildman–Crippen LogP) is 4.17. The normalized spacial score (nSPS) is 15.0. The average molecular weight is 334 g/mol. The number of nitrogen functional groups attached to an aromatic ring is 1. The first-order valence-corrected chi connectivity index (χ1v) is 8.00. The monoisotopic (exact) mass is 333 g/mol. The van der Waals surface area contributed by atoms with Gasteiger partial charge in [-0.1, -0.05) is 22.4 Å². The Morgan fingerprint density at radius 3 is 2.70 bits per heavy atom. The minimum absolute atomic E-state index is 1.05. The Bertz CT molecular complexity index is 679. The number of pyridine rings is 1. The van der Waals surface area contributed by atoms with E-state index in [0.29, 0.717) is 0 Å². The van der Waals surface area contributed by atoms with E-state index in [0.717, 1.165) is 33.9 Å². The highest BCUT2D eigenvalue weighted by atomic mass is 79.9. The summed E-state index contributed by atoms with van der Waals surface area (Å²) in [6.07, 6.45) is 5.86. The van der Waals surface area contributed by atoms with Crippen molar-refractivity contribution < 1.29 is 0 Å². The fourth-order valence-corrected chi connectivity index (χ4v) is 3.57. The van der Waals surface area contributed by atoms with Crippen molar-refractivity contribution in [3.8, 4) is 0 Å². The van der Waals surface area contributed by atoms with Crippen molar-refractivity contribution >= 4 is 32.5 Å². The van der Waals surface area contributed by atoms with Crippen molar-refractivity contribution in [3.63, 3.8) is 0 Å². The van der Waals surface area contributed by atoms with Crippen LogP contribution in [0.1, 0.15) is 41.6 Å². The molecule has 3 rings (SSSR count). The molecule has 0 fully saturated rings. The quantitative estimate of drug-likeness (QED) is 0.468. The van der Waals surface area contributed by atoms with Gasteiger partial charge in [0.15, 0.2) is 0 Å². The molecule has 0 atom stereocenters. The van der Waals surface area contributed by atoms with Crippen molar-refractivity contribution in [2.24, 2.45) is 5.84 Å². The Morgan fingerprint density at radius 1 is 1.20 bits per heavy atom. The summed E-state index contributed by atoms with van der Waals surface area (Å²) in [5, 5.41) is 1.16. The average Bonchev–Trinajstić information content (AvgIpc) is 2.68. The maximum Gasteiger partial charge on any atom is 0.0732 e. The Balaban J connectivity index is 2.40. The molecule has 0 aliphatic heterocycles. The zero-order chi connectivity index (χ0) is 14.3. The van der Waals surface area contributed by atoms with E-state index in [-0.39, 0.29) is 0 Å². The van der Waals surface area contributed by atoms with Crippen LogP contribution in [0.15, 0.2) is 10.5 Å². The van der Waals surface area contributed by atoms with Gasteiger partial charge >= 0.3 is 0 Å². The Morgan fingerprint density at radius 2 is 1.95 bits per heavy atom. The molecule has 1 heterocycles. The van der Waals surface area contributed by atoms with Gasteiger partial charge in [-0.2, -0.15) is 0 Å². The van der Waals surface area contributed by atoms with Crippen LogP contribution in [-0.4, -0.2) is 4.98 Å². The number of aromatic nitrogens is 1. The topological polar surface area (TPSA) is 50.9 Å². The van der Waals surface area contributed by atoms with Crippen molar-refractivity contribution in [2.75, 3.05) is 5.43 Å². The summed E-state index contributed by atoms with van der Waals surface area (Å²) in [7, 11) is 0. The number of aryl methyl sites for hydroxylation is 3. The lowest BCUT2D eigenvalue weighted by Crippen LogP contribution is -2.13. The zero-order valence-corrected chi connectivity index (χ0v) is 13.6. The molecule has 3 nitrogen and oxygen atoms in total. The van der Waals surface area contributed by atoms with E-state index >= 15 is 0 Å². The molecule has 3 N–H and O–H groups in total. The van der Waals surface area contributed by atoms with Crippen molar-refractivity contribution in [3.05, 3.63) is 32.9 Å². The van der Waals surface area contributed by atoms with E-state index in [9.17, 15) is 0 Å². The molecular weight excluding hydrogens is 314 g/mol. The third-order valence-electron chi connectivity index (χ3n) is 4.30. The lowest BCUT2D eigenvalue weighted by Gasteiger charge is -2.18. The molecule has 1 aromatic carbocycles. The largest absolute Gasteiger partial charge is 0.323 e. The van der Waals surface area contributed by atoms with E-state index in [1.165, 1.54) is 41.6 Å². The van der Waals surface area contributed by atoms with Gasteiger partial charge in [0.05, 0.1) is 11.2 Å². The van der Waals surface area contributed by atoms with Crippen LogP contribution in [0, 0.1) is 13.8 Å². The summed E-state index contributed by atoms with van der Waals surface area (Å²) in [6, 6.07) is 2.15. The highest BCUT2D eigenvalue weighted by molar-refractivity contribution is 9.10. The molecule has 0 spiro atoms. The lowest BCUT2D eigenvalue weighted by atomic mass is 9.98. The Labute approximate surface area is 128 Å². The summed E-state index contributed by atoms with van der Waals surface area (Å²) in [5.41, 5.74) is 10.1. The number of halogens is 1. The van der Waals surface area contributed by atoms with Gasteiger partial charge in [-0.15, -0.1) is 0 Å². The highest BCUT2D eigenvalue weighted by Gasteiger charge is 2.19. The molecular formula is C16H20BrN3. The van der Waals surface area contributed by atoms with Crippen molar-refractivity contribution in [1.82, 2.24) is 4.98 Å². The van der Waals surface area contributed by atoms with E-state index in [1.807, 2.05) is 0 Å². The molecule has 1 aliphatic rings. The number of hydrazine groups is 1. The second-order valence-corrected chi connectivity index (χ2v) is 6.44. The van der Waals surface area contributed by atoms with Crippen LogP contribution in [0.3, 0.4) is 0 Å². The molecule has 106 valence electrons. The third-order valence-corrected chi connectivity index (χ3v) is 5.52. The Hall–Kier alpha value is -1.13. The number of nitrogens with zero attached hydrogens (tertiary/aromatic N) is 1. The van der Waals surface area contributed by atoms with Gasteiger partial charge in [0, 0.05) is 15.6 Å². The fraction of sp³-hybridized carbons (Fsp3) is 0.438. The highest BCUT2D eigenvalue weighted by Crippen LogP contribution is 2.37. The van der Waals surface area contributed by atoms with Gasteiger partial charge in [0.2, 0.25) is 0 Å². The van der Waals surface area contributed by atoms with Crippen LogP contribution >= 0.6 is 15.9 Å². The van der Waals surface area contributed by atoms with E-state index < -0.39 is 0 Å². The Kier molecular flexibility index (Phi) is 3.69. The number of nitrogens with one attached hydrogen (secondary N) is 1. The summed E-state index contributed by atoms with van der Waals surface area (Å²) in [4.78, 5) is 4.93. The third kappa shape index (κ3) is 2.11. The summed E-state index contributed by atoms with van der Waals surface area (Å²) in [5.74, 6) is 5.85. The maximum atomic E-state index is 5.85. The number of nitrogens with two attached hydrogens (primary N) is 1. The standard InChI is InChI=1S/C16H20BrN3/c1-9-8-13-14(10(2)15(9)17)16(20-18)11-6-4-3-5-7-12(11)19-13/h8H,3-7,18H2,1-2H3,(H,19,20). The van der Waals surface area contributed by atoms with Crippen LogP contribution in [0.2, 0.25) is 0 Å². The summed E-state index contributed by atoms with van der Waals surface area (Å²) in [6.45, 7) is 4.24. The first-order valence-electron chi connectivity index (χ1n) is 7.21. The van der Waals surface area contributed by atoms with Crippen molar-refractivity contribution in [2.45, 2.75) is 46.0 Å². The number of benzene rings is 1. The van der Waals surface area contributed by atoms with Gasteiger partial charge in [-0.05, 0) is 62.3 Å².